The molecule has 0 spiro atoms. The van der Waals surface area contributed by atoms with E-state index in [1.54, 1.807) is 0 Å². The summed E-state index contributed by atoms with van der Waals surface area (Å²) in [6.45, 7) is 11.1. The molecule has 130 valence electrons. The molecular weight excluding hydrogens is 288 g/mol. The number of carbonyl (C=O) groups is 1. The number of hydrogen-bond acceptors (Lipinski definition) is 2. The number of fused-ring (bicyclic) bond motifs is 1. The fourth-order valence-electron chi connectivity index (χ4n) is 5.46. The standard InChI is InChI=1S/C20H32O3/c1-14(12-18(22)23)6-8-16-15(2)7-9-17-19(3,13-21)10-5-11-20(16,17)4/h12,16-17,21H,2,5-11,13H2,1,3-4H3,(H,22,23)/b14-12+/t16-,17-,19+,20+/m1/s1. The summed E-state index contributed by atoms with van der Waals surface area (Å²) >= 11 is 0. The highest BCUT2D eigenvalue weighted by atomic mass is 16.4. The average molecular weight is 320 g/mol. The van der Waals surface area contributed by atoms with Crippen LogP contribution in [0.5, 0.6) is 0 Å². The molecule has 0 bridgehead atoms. The lowest BCUT2D eigenvalue weighted by molar-refractivity contribution is -0.131. The molecule has 2 rings (SSSR count). The summed E-state index contributed by atoms with van der Waals surface area (Å²) in [6, 6.07) is 0. The maximum atomic E-state index is 10.8. The van der Waals surface area contributed by atoms with E-state index >= 15 is 0 Å². The fraction of sp³-hybridized carbons (Fsp3) is 0.750. The molecule has 0 amide bonds. The minimum Gasteiger partial charge on any atom is -0.478 e. The summed E-state index contributed by atoms with van der Waals surface area (Å²) in [7, 11) is 0. The molecule has 0 heterocycles. The molecule has 0 aromatic rings. The third-order valence-electron chi connectivity index (χ3n) is 6.70. The van der Waals surface area contributed by atoms with Crippen LogP contribution >= 0.6 is 0 Å². The smallest absolute Gasteiger partial charge is 0.328 e. The van der Waals surface area contributed by atoms with Gasteiger partial charge in [0.2, 0.25) is 0 Å². The van der Waals surface area contributed by atoms with Gasteiger partial charge in [0.25, 0.3) is 0 Å². The number of rotatable bonds is 5. The van der Waals surface area contributed by atoms with Crippen LogP contribution in [0.15, 0.2) is 23.8 Å². The van der Waals surface area contributed by atoms with Crippen molar-refractivity contribution in [2.45, 2.75) is 65.7 Å². The van der Waals surface area contributed by atoms with Gasteiger partial charge in [-0.05, 0) is 68.1 Å². The summed E-state index contributed by atoms with van der Waals surface area (Å²) in [5.74, 6) is 0.108. The fourth-order valence-corrected chi connectivity index (χ4v) is 5.46. The van der Waals surface area contributed by atoms with Gasteiger partial charge in [-0.3, -0.25) is 0 Å². The predicted molar refractivity (Wildman–Crippen MR) is 93.1 cm³/mol. The molecule has 2 aliphatic carbocycles. The van der Waals surface area contributed by atoms with Crippen molar-refractivity contribution in [1.29, 1.82) is 0 Å². The summed E-state index contributed by atoms with van der Waals surface area (Å²) in [6.07, 6.45) is 8.76. The third kappa shape index (κ3) is 3.55. The zero-order valence-electron chi connectivity index (χ0n) is 14.9. The van der Waals surface area contributed by atoms with Gasteiger partial charge in [-0.25, -0.2) is 4.79 Å². The first-order valence-corrected chi connectivity index (χ1v) is 8.91. The van der Waals surface area contributed by atoms with Crippen LogP contribution in [0.4, 0.5) is 0 Å². The summed E-state index contributed by atoms with van der Waals surface area (Å²) in [4.78, 5) is 10.8. The summed E-state index contributed by atoms with van der Waals surface area (Å²) in [5.41, 5.74) is 2.47. The highest BCUT2D eigenvalue weighted by Crippen LogP contribution is 2.61. The van der Waals surface area contributed by atoms with Crippen molar-refractivity contribution >= 4 is 5.97 Å². The molecule has 2 saturated carbocycles. The molecule has 0 unspecified atom stereocenters. The van der Waals surface area contributed by atoms with Gasteiger partial charge in [-0.2, -0.15) is 0 Å². The monoisotopic (exact) mass is 320 g/mol. The Balaban J connectivity index is 2.20. The van der Waals surface area contributed by atoms with Gasteiger partial charge >= 0.3 is 5.97 Å². The Morgan fingerprint density at radius 1 is 1.39 bits per heavy atom. The summed E-state index contributed by atoms with van der Waals surface area (Å²) < 4.78 is 0. The molecule has 3 nitrogen and oxygen atoms in total. The Morgan fingerprint density at radius 3 is 2.70 bits per heavy atom. The van der Waals surface area contributed by atoms with Gasteiger partial charge in [0.1, 0.15) is 0 Å². The van der Waals surface area contributed by atoms with E-state index in [1.165, 1.54) is 18.1 Å². The number of allylic oxidation sites excluding steroid dienone is 2. The third-order valence-corrected chi connectivity index (χ3v) is 6.70. The number of aliphatic hydroxyl groups is 1. The van der Waals surface area contributed by atoms with Gasteiger partial charge in [-0.15, -0.1) is 0 Å². The van der Waals surface area contributed by atoms with Crippen molar-refractivity contribution < 1.29 is 15.0 Å². The predicted octanol–water partition coefficient (Wildman–Crippen LogP) is 4.57. The highest BCUT2D eigenvalue weighted by Gasteiger charge is 2.53. The maximum Gasteiger partial charge on any atom is 0.328 e. The minimum atomic E-state index is -0.861. The van der Waals surface area contributed by atoms with Gasteiger partial charge < -0.3 is 10.2 Å². The van der Waals surface area contributed by atoms with Gasteiger partial charge in [0.15, 0.2) is 0 Å². The number of carboxylic acids is 1. The van der Waals surface area contributed by atoms with Crippen LogP contribution in [-0.2, 0) is 4.79 Å². The molecule has 0 aliphatic heterocycles. The quantitative estimate of drug-likeness (QED) is 0.576. The van der Waals surface area contributed by atoms with E-state index in [0.29, 0.717) is 11.8 Å². The zero-order chi connectivity index (χ0) is 17.3. The van der Waals surface area contributed by atoms with E-state index in [1.807, 2.05) is 6.92 Å². The molecular formula is C20H32O3. The first-order chi connectivity index (χ1) is 10.7. The molecule has 0 aromatic heterocycles. The number of carboxylic acid groups (broad SMARTS) is 1. The lowest BCUT2D eigenvalue weighted by Crippen LogP contribution is -2.51. The Hall–Kier alpha value is -1.09. The van der Waals surface area contributed by atoms with Gasteiger partial charge in [0.05, 0.1) is 0 Å². The first kappa shape index (κ1) is 18.3. The number of hydrogen-bond donors (Lipinski definition) is 2. The number of aliphatic hydroxyl groups excluding tert-OH is 1. The van der Waals surface area contributed by atoms with Crippen molar-refractivity contribution in [3.8, 4) is 0 Å². The van der Waals surface area contributed by atoms with E-state index in [4.69, 9.17) is 5.11 Å². The lowest BCUT2D eigenvalue weighted by atomic mass is 9.47. The molecule has 0 aromatic carbocycles. The van der Waals surface area contributed by atoms with Crippen LogP contribution in [0.25, 0.3) is 0 Å². The van der Waals surface area contributed by atoms with Crippen molar-refractivity contribution in [2.24, 2.45) is 22.7 Å². The Labute approximate surface area is 140 Å². The summed E-state index contributed by atoms with van der Waals surface area (Å²) in [5, 5.41) is 18.9. The van der Waals surface area contributed by atoms with Crippen LogP contribution in [0, 0.1) is 22.7 Å². The van der Waals surface area contributed by atoms with Gasteiger partial charge in [-0.1, -0.05) is 38.0 Å². The molecule has 23 heavy (non-hydrogen) atoms. The maximum absolute atomic E-state index is 10.8. The molecule has 2 fully saturated rings. The van der Waals surface area contributed by atoms with Crippen molar-refractivity contribution in [3.63, 3.8) is 0 Å². The van der Waals surface area contributed by atoms with E-state index < -0.39 is 5.97 Å². The SMILES string of the molecule is C=C1CC[C@@H]2[C@](C)(CO)CCC[C@@]2(C)[C@@H]1CC/C(C)=C/C(=O)O. The Bertz CT molecular complexity index is 507. The lowest BCUT2D eigenvalue weighted by Gasteiger charge is -2.58. The van der Waals surface area contributed by atoms with Crippen LogP contribution in [0.2, 0.25) is 0 Å². The molecule has 0 saturated heterocycles. The zero-order valence-corrected chi connectivity index (χ0v) is 14.9. The van der Waals surface area contributed by atoms with Crippen molar-refractivity contribution in [3.05, 3.63) is 23.8 Å². The topological polar surface area (TPSA) is 57.5 Å². The molecule has 0 radical (unpaired) electrons. The van der Waals surface area contributed by atoms with Crippen molar-refractivity contribution in [1.82, 2.24) is 0 Å². The average Bonchev–Trinajstić information content (AvgIpc) is 2.45. The van der Waals surface area contributed by atoms with Crippen LogP contribution in [0.1, 0.15) is 65.7 Å². The number of aliphatic carboxylic acids is 1. The first-order valence-electron chi connectivity index (χ1n) is 8.91. The van der Waals surface area contributed by atoms with Crippen LogP contribution in [0.3, 0.4) is 0 Å². The van der Waals surface area contributed by atoms with Crippen LogP contribution < -0.4 is 0 Å². The second kappa shape index (κ2) is 6.80. The molecule has 2 N–H and O–H groups in total. The molecule has 3 heteroatoms. The van der Waals surface area contributed by atoms with Gasteiger partial charge in [0, 0.05) is 12.7 Å². The second-order valence-corrected chi connectivity index (χ2v) is 8.34. The van der Waals surface area contributed by atoms with E-state index in [9.17, 15) is 9.90 Å². The van der Waals surface area contributed by atoms with Crippen molar-refractivity contribution in [2.75, 3.05) is 6.61 Å². The highest BCUT2D eigenvalue weighted by molar-refractivity contribution is 5.80. The van der Waals surface area contributed by atoms with E-state index in [-0.39, 0.29) is 17.4 Å². The Morgan fingerprint density at radius 2 is 2.09 bits per heavy atom. The molecule has 4 atom stereocenters. The van der Waals surface area contributed by atoms with E-state index in [0.717, 1.165) is 44.1 Å². The van der Waals surface area contributed by atoms with E-state index in [2.05, 4.69) is 20.4 Å². The Kier molecular flexibility index (Phi) is 5.40. The van der Waals surface area contributed by atoms with Crippen LogP contribution in [-0.4, -0.2) is 22.8 Å². The second-order valence-electron chi connectivity index (χ2n) is 8.34. The largest absolute Gasteiger partial charge is 0.478 e. The minimum absolute atomic E-state index is 0.0257. The molecule has 2 aliphatic rings. The normalized spacial score (nSPS) is 38.3.